The second kappa shape index (κ2) is 7.62. The van der Waals surface area contributed by atoms with Crippen LogP contribution in [0.5, 0.6) is 0 Å². The highest BCUT2D eigenvalue weighted by atomic mass is 32.1. The SMILES string of the molecule is N#C/C(=C\c1ccccc1C(F)(F)F)c1nc(-c2cccc([N+](=O)[O-])c2)cs1. The van der Waals surface area contributed by atoms with E-state index in [1.807, 2.05) is 6.07 Å². The van der Waals surface area contributed by atoms with E-state index in [4.69, 9.17) is 0 Å². The number of nitro benzene ring substituents is 1. The first-order valence-corrected chi connectivity index (χ1v) is 8.66. The molecule has 1 heterocycles. The number of nitriles is 1. The van der Waals surface area contributed by atoms with E-state index in [9.17, 15) is 28.5 Å². The summed E-state index contributed by atoms with van der Waals surface area (Å²) in [6.45, 7) is 0. The van der Waals surface area contributed by atoms with Gasteiger partial charge in [-0.2, -0.15) is 18.4 Å². The van der Waals surface area contributed by atoms with Crippen LogP contribution in [0.1, 0.15) is 16.1 Å². The van der Waals surface area contributed by atoms with Crippen molar-refractivity contribution in [3.63, 3.8) is 0 Å². The van der Waals surface area contributed by atoms with Gasteiger partial charge < -0.3 is 0 Å². The quantitative estimate of drug-likeness (QED) is 0.314. The molecule has 1 aromatic heterocycles. The Labute approximate surface area is 161 Å². The largest absolute Gasteiger partial charge is 0.416 e. The van der Waals surface area contributed by atoms with E-state index in [1.54, 1.807) is 11.4 Å². The highest BCUT2D eigenvalue weighted by Crippen LogP contribution is 2.34. The van der Waals surface area contributed by atoms with Gasteiger partial charge in [0.15, 0.2) is 0 Å². The fourth-order valence-electron chi connectivity index (χ4n) is 2.49. The molecule has 0 atom stereocenters. The zero-order chi connectivity index (χ0) is 20.3. The molecule has 2 aromatic carbocycles. The van der Waals surface area contributed by atoms with E-state index in [-0.39, 0.29) is 21.8 Å². The molecule has 0 amide bonds. The van der Waals surface area contributed by atoms with Crippen LogP contribution < -0.4 is 0 Å². The molecule has 0 saturated carbocycles. The summed E-state index contributed by atoms with van der Waals surface area (Å²) >= 11 is 1.07. The lowest BCUT2D eigenvalue weighted by atomic mass is 10.0. The van der Waals surface area contributed by atoms with Gasteiger partial charge in [0.05, 0.1) is 21.8 Å². The van der Waals surface area contributed by atoms with Gasteiger partial charge in [0.2, 0.25) is 0 Å². The molecule has 0 radical (unpaired) electrons. The van der Waals surface area contributed by atoms with E-state index in [2.05, 4.69) is 4.98 Å². The zero-order valence-electron chi connectivity index (χ0n) is 14.0. The predicted octanol–water partition coefficient (Wildman–Crippen LogP) is 5.80. The van der Waals surface area contributed by atoms with Crippen molar-refractivity contribution in [2.45, 2.75) is 6.18 Å². The van der Waals surface area contributed by atoms with Gasteiger partial charge in [0.25, 0.3) is 5.69 Å². The van der Waals surface area contributed by atoms with Crippen molar-refractivity contribution in [3.05, 3.63) is 80.2 Å². The van der Waals surface area contributed by atoms with E-state index < -0.39 is 16.7 Å². The lowest BCUT2D eigenvalue weighted by Gasteiger charge is -2.09. The standard InChI is InChI=1S/C19H10F3N3O2S/c20-19(21,22)16-7-2-1-4-12(16)8-14(10-23)18-24-17(11-28-18)13-5-3-6-15(9-13)25(26)27/h1-9,11H/b14-8+. The van der Waals surface area contributed by atoms with Gasteiger partial charge >= 0.3 is 6.18 Å². The van der Waals surface area contributed by atoms with Crippen LogP contribution in [-0.4, -0.2) is 9.91 Å². The Morgan fingerprint density at radius 3 is 2.64 bits per heavy atom. The molecular weight excluding hydrogens is 391 g/mol. The molecule has 0 unspecified atom stereocenters. The topological polar surface area (TPSA) is 79.8 Å². The van der Waals surface area contributed by atoms with Crippen LogP contribution in [0.2, 0.25) is 0 Å². The van der Waals surface area contributed by atoms with Crippen molar-refractivity contribution in [1.29, 1.82) is 5.26 Å². The minimum Gasteiger partial charge on any atom is -0.258 e. The van der Waals surface area contributed by atoms with Crippen molar-refractivity contribution in [1.82, 2.24) is 4.98 Å². The molecule has 5 nitrogen and oxygen atoms in total. The molecule has 0 aliphatic carbocycles. The average molecular weight is 401 g/mol. The Balaban J connectivity index is 2.01. The Hall–Kier alpha value is -3.51. The zero-order valence-corrected chi connectivity index (χ0v) is 14.8. The molecule has 0 fully saturated rings. The van der Waals surface area contributed by atoms with E-state index in [0.717, 1.165) is 23.5 Å². The number of alkyl halides is 3. The average Bonchev–Trinajstić information content (AvgIpc) is 3.15. The van der Waals surface area contributed by atoms with Crippen molar-refractivity contribution in [3.8, 4) is 17.3 Å². The number of aromatic nitrogens is 1. The summed E-state index contributed by atoms with van der Waals surface area (Å²) in [5.74, 6) is 0. The molecular formula is C19H10F3N3O2S. The van der Waals surface area contributed by atoms with E-state index >= 15 is 0 Å². The number of hydrogen-bond acceptors (Lipinski definition) is 5. The Morgan fingerprint density at radius 2 is 1.96 bits per heavy atom. The third-order valence-electron chi connectivity index (χ3n) is 3.77. The third kappa shape index (κ3) is 4.07. The molecule has 0 bridgehead atoms. The van der Waals surface area contributed by atoms with Gasteiger partial charge in [-0.05, 0) is 17.7 Å². The maximum Gasteiger partial charge on any atom is 0.416 e. The highest BCUT2D eigenvalue weighted by molar-refractivity contribution is 7.11. The number of rotatable bonds is 4. The second-order valence-corrected chi connectivity index (χ2v) is 6.46. The van der Waals surface area contributed by atoms with E-state index in [1.165, 1.54) is 36.4 Å². The minimum absolute atomic E-state index is 0.0293. The van der Waals surface area contributed by atoms with E-state index in [0.29, 0.717) is 11.3 Å². The number of halogens is 3. The minimum atomic E-state index is -4.55. The van der Waals surface area contributed by atoms with Crippen molar-refractivity contribution < 1.29 is 18.1 Å². The maximum absolute atomic E-state index is 13.2. The summed E-state index contributed by atoms with van der Waals surface area (Å²) in [4.78, 5) is 14.6. The monoisotopic (exact) mass is 401 g/mol. The van der Waals surface area contributed by atoms with Gasteiger partial charge in [0, 0.05) is 23.1 Å². The summed E-state index contributed by atoms with van der Waals surface area (Å²) in [5.41, 5.74) is -0.254. The van der Waals surface area contributed by atoms with Crippen molar-refractivity contribution in [2.75, 3.05) is 0 Å². The van der Waals surface area contributed by atoms with Crippen molar-refractivity contribution in [2.24, 2.45) is 0 Å². The number of thiazole rings is 1. The van der Waals surface area contributed by atoms with Gasteiger partial charge in [-0.15, -0.1) is 11.3 Å². The van der Waals surface area contributed by atoms with Gasteiger partial charge in [-0.1, -0.05) is 30.3 Å². The first-order valence-electron chi connectivity index (χ1n) is 7.78. The third-order valence-corrected chi connectivity index (χ3v) is 4.65. The van der Waals surface area contributed by atoms with Gasteiger partial charge in [-0.25, -0.2) is 4.98 Å². The molecule has 0 aliphatic heterocycles. The molecule has 9 heteroatoms. The number of benzene rings is 2. The molecule has 3 aromatic rings. The molecule has 0 spiro atoms. The lowest BCUT2D eigenvalue weighted by molar-refractivity contribution is -0.384. The number of nitro groups is 1. The summed E-state index contributed by atoms with van der Waals surface area (Å²) in [7, 11) is 0. The maximum atomic E-state index is 13.2. The van der Waals surface area contributed by atoms with Crippen LogP contribution in [0.4, 0.5) is 18.9 Å². The fourth-order valence-corrected chi connectivity index (χ4v) is 3.28. The normalized spacial score (nSPS) is 11.9. The summed E-state index contributed by atoms with van der Waals surface area (Å²) in [5, 5.41) is 22.1. The predicted molar refractivity (Wildman–Crippen MR) is 99.1 cm³/mol. The van der Waals surface area contributed by atoms with Crippen LogP contribution in [0.25, 0.3) is 22.9 Å². The van der Waals surface area contributed by atoms with Gasteiger partial charge in [-0.3, -0.25) is 10.1 Å². The summed E-state index contributed by atoms with van der Waals surface area (Å²) in [6, 6.07) is 12.6. The highest BCUT2D eigenvalue weighted by Gasteiger charge is 2.32. The number of non-ortho nitro benzene ring substituents is 1. The smallest absolute Gasteiger partial charge is 0.258 e. The number of hydrogen-bond donors (Lipinski definition) is 0. The lowest BCUT2D eigenvalue weighted by Crippen LogP contribution is -2.07. The van der Waals surface area contributed by atoms with Crippen LogP contribution in [-0.2, 0) is 6.18 Å². The molecule has 0 aliphatic rings. The molecule has 3 rings (SSSR count). The summed E-state index contributed by atoms with van der Waals surface area (Å²) < 4.78 is 39.5. The Morgan fingerprint density at radius 1 is 1.21 bits per heavy atom. The molecule has 0 saturated heterocycles. The molecule has 140 valence electrons. The number of allylic oxidation sites excluding steroid dienone is 1. The van der Waals surface area contributed by atoms with Crippen LogP contribution >= 0.6 is 11.3 Å². The second-order valence-electron chi connectivity index (χ2n) is 5.60. The fraction of sp³-hybridized carbons (Fsp3) is 0.0526. The van der Waals surface area contributed by atoms with Crippen LogP contribution in [0.3, 0.4) is 0 Å². The Kier molecular flexibility index (Phi) is 5.24. The number of nitrogens with zero attached hydrogens (tertiary/aromatic N) is 3. The Bertz CT molecular complexity index is 1110. The van der Waals surface area contributed by atoms with Crippen LogP contribution in [0, 0.1) is 21.4 Å². The molecule has 0 N–H and O–H groups in total. The first kappa shape index (κ1) is 19.3. The summed E-state index contributed by atoms with van der Waals surface area (Å²) in [6.07, 6.45) is -3.41. The van der Waals surface area contributed by atoms with Gasteiger partial charge in [0.1, 0.15) is 11.1 Å². The van der Waals surface area contributed by atoms with Crippen molar-refractivity contribution >= 4 is 28.7 Å². The first-order chi connectivity index (χ1) is 13.3. The van der Waals surface area contributed by atoms with Crippen LogP contribution in [0.15, 0.2) is 53.9 Å². The molecule has 28 heavy (non-hydrogen) atoms.